The largest absolute Gasteiger partial charge is 0.388 e. The first kappa shape index (κ1) is 40.6. The summed E-state index contributed by atoms with van der Waals surface area (Å²) >= 11 is 0. The number of nitrogens with one attached hydrogen (secondary N) is 1. The fourth-order valence-electron chi connectivity index (χ4n) is 4.49. The van der Waals surface area contributed by atoms with Crippen molar-refractivity contribution < 1.29 is 0 Å². The number of likely N-dealkylation sites (tertiary alicyclic amines) is 1. The van der Waals surface area contributed by atoms with Crippen LogP contribution in [0, 0.1) is 6.92 Å². The molecule has 1 aliphatic heterocycles. The Labute approximate surface area is 271 Å². The molecule has 0 atom stereocenters. The third-order valence-corrected chi connectivity index (χ3v) is 6.71. The Balaban J connectivity index is 0.000000814. The Morgan fingerprint density at radius 2 is 1.55 bits per heavy atom. The summed E-state index contributed by atoms with van der Waals surface area (Å²) in [5.74, 6) is 1.06. The Kier molecular flexibility index (Phi) is 22.1. The molecule has 1 saturated heterocycles. The van der Waals surface area contributed by atoms with Crippen molar-refractivity contribution in [2.45, 2.75) is 94.5 Å². The van der Waals surface area contributed by atoms with E-state index in [9.17, 15) is 0 Å². The molecule has 3 aromatic rings. The van der Waals surface area contributed by atoms with E-state index in [0.717, 1.165) is 58.9 Å². The van der Waals surface area contributed by atoms with Crippen LogP contribution in [0.5, 0.6) is 0 Å². The van der Waals surface area contributed by atoms with Crippen molar-refractivity contribution in [2.75, 3.05) is 43.9 Å². The molecule has 44 heavy (non-hydrogen) atoms. The number of hydrogen-bond donors (Lipinski definition) is 1. The first-order chi connectivity index (χ1) is 21.2. The quantitative estimate of drug-likeness (QED) is 0.247. The van der Waals surface area contributed by atoms with Gasteiger partial charge in [0.2, 0.25) is 0 Å². The van der Waals surface area contributed by atoms with Crippen LogP contribution in [-0.2, 0) is 6.54 Å². The van der Waals surface area contributed by atoms with Crippen LogP contribution in [0.2, 0.25) is 0 Å². The molecule has 4 rings (SSSR count). The zero-order valence-corrected chi connectivity index (χ0v) is 30.1. The second-order valence-electron chi connectivity index (χ2n) is 10.7. The van der Waals surface area contributed by atoms with Crippen molar-refractivity contribution in [2.24, 2.45) is 0 Å². The van der Waals surface area contributed by atoms with Gasteiger partial charge in [-0.1, -0.05) is 85.8 Å². The van der Waals surface area contributed by atoms with Gasteiger partial charge in [-0.25, -0.2) is 4.98 Å². The smallest absolute Gasteiger partial charge is 0.128 e. The monoisotopic (exact) mass is 602 g/mol. The second kappa shape index (κ2) is 23.9. The highest BCUT2D eigenvalue weighted by molar-refractivity contribution is 5.86. The van der Waals surface area contributed by atoms with Crippen LogP contribution in [0.3, 0.4) is 0 Å². The molecule has 0 bridgehead atoms. The summed E-state index contributed by atoms with van der Waals surface area (Å²) in [5, 5.41) is 3.25. The minimum absolute atomic E-state index is 0.965. The molecule has 0 unspecified atom stereocenters. The van der Waals surface area contributed by atoms with E-state index in [-0.39, 0.29) is 0 Å². The molecule has 5 heteroatoms. The maximum atomic E-state index is 4.47. The molecule has 0 radical (unpaired) electrons. The van der Waals surface area contributed by atoms with E-state index >= 15 is 0 Å². The van der Waals surface area contributed by atoms with E-state index in [2.05, 4.69) is 109 Å². The highest BCUT2D eigenvalue weighted by Crippen LogP contribution is 2.32. The first-order valence-corrected chi connectivity index (χ1v) is 16.7. The molecule has 0 saturated carbocycles. The van der Waals surface area contributed by atoms with Crippen molar-refractivity contribution in [3.05, 3.63) is 90.4 Å². The Morgan fingerprint density at radius 3 is 2.07 bits per heavy atom. The molecule has 0 aliphatic carbocycles. The zero-order valence-electron chi connectivity index (χ0n) is 30.1. The topological polar surface area (TPSA) is 44.3 Å². The minimum Gasteiger partial charge on any atom is -0.388 e. The van der Waals surface area contributed by atoms with E-state index < -0.39 is 0 Å². The van der Waals surface area contributed by atoms with Gasteiger partial charge in [-0.2, -0.15) is 0 Å². The average Bonchev–Trinajstić information content (AvgIpc) is 3.56. The third kappa shape index (κ3) is 14.4. The Morgan fingerprint density at radius 1 is 0.909 bits per heavy atom. The normalized spacial score (nSPS) is 11.6. The van der Waals surface area contributed by atoms with Crippen LogP contribution in [0.25, 0.3) is 16.7 Å². The fraction of sp³-hybridized carbons (Fsp3) is 0.487. The lowest BCUT2D eigenvalue weighted by atomic mass is 9.95. The summed E-state index contributed by atoms with van der Waals surface area (Å²) in [6.45, 7) is 31.1. The van der Waals surface area contributed by atoms with Crippen molar-refractivity contribution in [1.29, 1.82) is 0 Å². The Hall–Kier alpha value is -3.44. The zero-order chi connectivity index (χ0) is 33.5. The number of aryl methyl sites for hydroxylation is 1. The molecule has 244 valence electrons. The van der Waals surface area contributed by atoms with E-state index in [4.69, 9.17) is 0 Å². The molecular weight excluding hydrogens is 538 g/mol. The Bertz CT molecular complexity index is 1190. The van der Waals surface area contributed by atoms with E-state index in [1.54, 1.807) is 0 Å². The maximum absolute atomic E-state index is 4.47. The van der Waals surface area contributed by atoms with Gasteiger partial charge < -0.3 is 10.2 Å². The van der Waals surface area contributed by atoms with Crippen molar-refractivity contribution >= 4 is 17.1 Å². The van der Waals surface area contributed by atoms with E-state index in [1.807, 2.05) is 60.3 Å². The number of allylic oxidation sites excluding steroid dienone is 2. The van der Waals surface area contributed by atoms with Crippen LogP contribution in [0.1, 0.15) is 97.8 Å². The second-order valence-corrected chi connectivity index (χ2v) is 10.7. The molecule has 1 fully saturated rings. The fourth-order valence-corrected chi connectivity index (χ4v) is 4.49. The maximum Gasteiger partial charge on any atom is 0.128 e. The summed E-state index contributed by atoms with van der Waals surface area (Å²) in [6.07, 6.45) is 10.9. The molecule has 0 amide bonds. The number of hydrogen-bond acceptors (Lipinski definition) is 5. The summed E-state index contributed by atoms with van der Waals surface area (Å²) in [4.78, 5) is 13.5. The lowest BCUT2D eigenvalue weighted by Gasteiger charge is -2.16. The highest BCUT2D eigenvalue weighted by Gasteiger charge is 2.13. The SMILES string of the molecule is C=C(C)C(=C)c1cc(-c2cncc(CN3CCCC3)c2)ccc1NC.CC.CC.CCC.CCCN(C)c1ccc(C)cn1. The van der Waals surface area contributed by atoms with Gasteiger partial charge >= 0.3 is 0 Å². The number of aromatic nitrogens is 2. The van der Waals surface area contributed by atoms with Crippen molar-refractivity contribution in [3.8, 4) is 11.1 Å². The number of benzene rings is 1. The summed E-state index contributed by atoms with van der Waals surface area (Å²) in [5.41, 5.74) is 8.90. The molecule has 2 aromatic heterocycles. The van der Waals surface area contributed by atoms with Gasteiger partial charge in [-0.05, 0) is 92.7 Å². The van der Waals surface area contributed by atoms with Crippen molar-refractivity contribution in [1.82, 2.24) is 14.9 Å². The number of pyridine rings is 2. The number of rotatable bonds is 9. The van der Waals surface area contributed by atoms with Crippen LogP contribution in [0.15, 0.2) is 73.7 Å². The van der Waals surface area contributed by atoms with Gasteiger partial charge in [-0.15, -0.1) is 0 Å². The first-order valence-electron chi connectivity index (χ1n) is 16.7. The van der Waals surface area contributed by atoms with E-state index in [1.165, 1.54) is 43.5 Å². The minimum atomic E-state index is 0.965. The standard InChI is InChI=1S/C22H27N3.C10H16N2.C3H8.2C2H6/c1-16(2)17(3)21-12-19(7-8-22(21)23-4)20-11-18(13-24-14-20)15-25-9-5-6-10-25;1-4-7-12(3)10-6-5-9(2)8-11-10;1-3-2;2*1-2/h7-8,11-14,23H,1,3,5-6,9-10,15H2,2,4H3;5-6,8H,4,7H2,1-3H3;3H2,1-2H3;2*1-2H3. The van der Waals surface area contributed by atoms with Gasteiger partial charge in [0.15, 0.2) is 0 Å². The molecule has 1 aromatic carbocycles. The van der Waals surface area contributed by atoms with E-state index in [0.29, 0.717) is 0 Å². The predicted molar refractivity (Wildman–Crippen MR) is 199 cm³/mol. The third-order valence-electron chi connectivity index (χ3n) is 6.71. The number of nitrogens with zero attached hydrogens (tertiary/aromatic N) is 4. The van der Waals surface area contributed by atoms with Gasteiger partial charge in [0.1, 0.15) is 5.82 Å². The number of anilines is 2. The molecule has 3 heterocycles. The molecule has 1 aliphatic rings. The van der Waals surface area contributed by atoms with Gasteiger partial charge in [0.25, 0.3) is 0 Å². The van der Waals surface area contributed by atoms with Gasteiger partial charge in [0.05, 0.1) is 0 Å². The lowest BCUT2D eigenvalue weighted by Crippen LogP contribution is -2.18. The van der Waals surface area contributed by atoms with Crippen LogP contribution < -0.4 is 10.2 Å². The summed E-state index contributed by atoms with van der Waals surface area (Å²) < 4.78 is 0. The molecule has 0 spiro atoms. The van der Waals surface area contributed by atoms with Crippen LogP contribution in [0.4, 0.5) is 11.5 Å². The highest BCUT2D eigenvalue weighted by atomic mass is 15.2. The predicted octanol–water partition coefficient (Wildman–Crippen LogP) is 10.7. The molecule has 1 N–H and O–H groups in total. The summed E-state index contributed by atoms with van der Waals surface area (Å²) in [7, 11) is 4.00. The summed E-state index contributed by atoms with van der Waals surface area (Å²) in [6, 6.07) is 12.8. The van der Waals surface area contributed by atoms with Gasteiger partial charge in [0, 0.05) is 62.6 Å². The molecule has 5 nitrogen and oxygen atoms in total. The average molecular weight is 602 g/mol. The van der Waals surface area contributed by atoms with Crippen LogP contribution in [-0.4, -0.2) is 48.6 Å². The van der Waals surface area contributed by atoms with Gasteiger partial charge in [-0.3, -0.25) is 9.88 Å². The lowest BCUT2D eigenvalue weighted by molar-refractivity contribution is 0.331. The molecular formula is C39H63N5. The van der Waals surface area contributed by atoms with Crippen LogP contribution >= 0.6 is 0 Å². The van der Waals surface area contributed by atoms with Crippen molar-refractivity contribution in [3.63, 3.8) is 0 Å².